The van der Waals surface area contributed by atoms with Crippen LogP contribution in [-0.2, 0) is 4.79 Å². The highest BCUT2D eigenvalue weighted by Crippen LogP contribution is 2.32. The van der Waals surface area contributed by atoms with Crippen LogP contribution in [0.5, 0.6) is 0 Å². The van der Waals surface area contributed by atoms with Crippen LogP contribution < -0.4 is 11.1 Å². The summed E-state index contributed by atoms with van der Waals surface area (Å²) in [5.74, 6) is -0.0664. The summed E-state index contributed by atoms with van der Waals surface area (Å²) in [5, 5.41) is 2.83. The Hall–Kier alpha value is -0.390. The largest absolute Gasteiger partial charge is 0.323 e. The van der Waals surface area contributed by atoms with Crippen molar-refractivity contribution in [3.05, 3.63) is 26.6 Å². The standard InChI is InChI=1S/C12H16Br2N2O/c1-6(2)10(15)12(17)16-11-8(13)4-7(3)5-9(11)14/h4-6,10H,15H2,1-3H3,(H,16,17)/t10-/m1/s1. The molecule has 0 unspecified atom stereocenters. The smallest absolute Gasteiger partial charge is 0.241 e. The minimum Gasteiger partial charge on any atom is -0.323 e. The van der Waals surface area contributed by atoms with Gasteiger partial charge in [0.25, 0.3) is 0 Å². The number of benzene rings is 1. The molecule has 0 fully saturated rings. The first-order chi connectivity index (χ1) is 7.82. The summed E-state index contributed by atoms with van der Waals surface area (Å²) < 4.78 is 1.68. The predicted molar refractivity (Wildman–Crippen MR) is 78.0 cm³/mol. The lowest BCUT2D eigenvalue weighted by Crippen LogP contribution is -2.39. The van der Waals surface area contributed by atoms with Gasteiger partial charge in [0, 0.05) is 8.95 Å². The Morgan fingerprint density at radius 2 is 1.76 bits per heavy atom. The van der Waals surface area contributed by atoms with Gasteiger partial charge in [0.15, 0.2) is 0 Å². The van der Waals surface area contributed by atoms with Gasteiger partial charge in [-0.1, -0.05) is 13.8 Å². The van der Waals surface area contributed by atoms with Gasteiger partial charge in [-0.15, -0.1) is 0 Å². The maximum atomic E-state index is 11.9. The summed E-state index contributed by atoms with van der Waals surface area (Å²) in [5.41, 5.74) is 7.62. The summed E-state index contributed by atoms with van der Waals surface area (Å²) in [6.45, 7) is 5.83. The van der Waals surface area contributed by atoms with E-state index in [0.29, 0.717) is 0 Å². The molecular formula is C12H16Br2N2O. The third kappa shape index (κ3) is 3.79. The molecule has 5 heteroatoms. The molecule has 1 amide bonds. The highest BCUT2D eigenvalue weighted by atomic mass is 79.9. The van der Waals surface area contributed by atoms with Crippen molar-refractivity contribution in [2.24, 2.45) is 11.7 Å². The molecule has 1 aromatic rings. The highest BCUT2D eigenvalue weighted by Gasteiger charge is 2.19. The first-order valence-electron chi connectivity index (χ1n) is 5.35. The third-order valence-corrected chi connectivity index (χ3v) is 3.71. The molecule has 17 heavy (non-hydrogen) atoms. The maximum Gasteiger partial charge on any atom is 0.241 e. The Morgan fingerprint density at radius 1 is 1.29 bits per heavy atom. The van der Waals surface area contributed by atoms with E-state index in [4.69, 9.17) is 5.73 Å². The number of halogens is 2. The molecule has 1 rings (SSSR count). The van der Waals surface area contributed by atoms with E-state index in [9.17, 15) is 4.79 Å². The van der Waals surface area contributed by atoms with Crippen molar-refractivity contribution >= 4 is 43.5 Å². The molecule has 0 bridgehead atoms. The van der Waals surface area contributed by atoms with E-state index in [2.05, 4.69) is 37.2 Å². The van der Waals surface area contributed by atoms with Gasteiger partial charge < -0.3 is 11.1 Å². The van der Waals surface area contributed by atoms with Crippen molar-refractivity contribution < 1.29 is 4.79 Å². The van der Waals surface area contributed by atoms with Gasteiger partial charge in [-0.25, -0.2) is 0 Å². The fraction of sp³-hybridized carbons (Fsp3) is 0.417. The molecule has 1 atom stereocenters. The lowest BCUT2D eigenvalue weighted by atomic mass is 10.0. The monoisotopic (exact) mass is 362 g/mol. The van der Waals surface area contributed by atoms with Crippen LogP contribution in [-0.4, -0.2) is 11.9 Å². The van der Waals surface area contributed by atoms with Gasteiger partial charge in [0.1, 0.15) is 0 Å². The van der Waals surface area contributed by atoms with Crippen LogP contribution in [0.2, 0.25) is 0 Å². The van der Waals surface area contributed by atoms with Crippen LogP contribution in [0.1, 0.15) is 19.4 Å². The first-order valence-corrected chi connectivity index (χ1v) is 6.93. The van der Waals surface area contributed by atoms with Gasteiger partial charge in [0.05, 0.1) is 11.7 Å². The highest BCUT2D eigenvalue weighted by molar-refractivity contribution is 9.11. The number of amides is 1. The molecule has 0 radical (unpaired) electrons. The zero-order chi connectivity index (χ0) is 13.2. The number of carbonyl (C=O) groups is 1. The number of aryl methyl sites for hydroxylation is 1. The Kier molecular flexibility index (Phi) is 5.16. The fourth-order valence-electron chi connectivity index (χ4n) is 1.33. The van der Waals surface area contributed by atoms with Crippen LogP contribution in [0.4, 0.5) is 5.69 Å². The molecule has 0 aliphatic heterocycles. The molecule has 94 valence electrons. The van der Waals surface area contributed by atoms with Gasteiger partial charge in [-0.05, 0) is 62.4 Å². The summed E-state index contributed by atoms with van der Waals surface area (Å²) >= 11 is 6.85. The lowest BCUT2D eigenvalue weighted by Gasteiger charge is -2.17. The quantitative estimate of drug-likeness (QED) is 0.864. The van der Waals surface area contributed by atoms with E-state index in [0.717, 1.165) is 20.2 Å². The average Bonchev–Trinajstić information content (AvgIpc) is 2.21. The Morgan fingerprint density at radius 3 is 2.18 bits per heavy atom. The van der Waals surface area contributed by atoms with Gasteiger partial charge >= 0.3 is 0 Å². The number of nitrogens with one attached hydrogen (secondary N) is 1. The molecule has 0 saturated carbocycles. The Bertz CT molecular complexity index is 410. The van der Waals surface area contributed by atoms with Crippen molar-refractivity contribution in [3.8, 4) is 0 Å². The number of rotatable bonds is 3. The first kappa shape index (κ1) is 14.7. The number of anilines is 1. The molecule has 3 nitrogen and oxygen atoms in total. The zero-order valence-electron chi connectivity index (χ0n) is 10.1. The molecule has 0 aliphatic carbocycles. The summed E-state index contributed by atoms with van der Waals surface area (Å²) in [4.78, 5) is 11.9. The van der Waals surface area contributed by atoms with Crippen LogP contribution >= 0.6 is 31.9 Å². The van der Waals surface area contributed by atoms with E-state index in [1.165, 1.54) is 0 Å². The van der Waals surface area contributed by atoms with E-state index < -0.39 is 6.04 Å². The van der Waals surface area contributed by atoms with Crippen LogP contribution in [0.25, 0.3) is 0 Å². The predicted octanol–water partition coefficient (Wildman–Crippen LogP) is 3.44. The van der Waals surface area contributed by atoms with Crippen LogP contribution in [0.15, 0.2) is 21.1 Å². The van der Waals surface area contributed by atoms with Crippen LogP contribution in [0.3, 0.4) is 0 Å². The van der Waals surface area contributed by atoms with Crippen molar-refractivity contribution in [3.63, 3.8) is 0 Å². The van der Waals surface area contributed by atoms with E-state index in [1.54, 1.807) is 0 Å². The molecule has 0 heterocycles. The second-order valence-corrected chi connectivity index (χ2v) is 6.07. The fourth-order valence-corrected chi connectivity index (χ4v) is 2.94. The minimum absolute atomic E-state index is 0.109. The van der Waals surface area contributed by atoms with Gasteiger partial charge in [0.2, 0.25) is 5.91 Å². The van der Waals surface area contributed by atoms with E-state index in [-0.39, 0.29) is 11.8 Å². The lowest BCUT2D eigenvalue weighted by molar-refractivity contribution is -0.118. The zero-order valence-corrected chi connectivity index (χ0v) is 13.2. The minimum atomic E-state index is -0.505. The van der Waals surface area contributed by atoms with E-state index >= 15 is 0 Å². The summed E-state index contributed by atoms with van der Waals surface area (Å²) in [6, 6.07) is 3.39. The van der Waals surface area contributed by atoms with E-state index in [1.807, 2.05) is 32.9 Å². The average molecular weight is 364 g/mol. The van der Waals surface area contributed by atoms with Crippen molar-refractivity contribution in [2.75, 3.05) is 5.32 Å². The molecule has 1 aromatic carbocycles. The second kappa shape index (κ2) is 5.98. The van der Waals surface area contributed by atoms with Crippen molar-refractivity contribution in [1.82, 2.24) is 0 Å². The van der Waals surface area contributed by atoms with Crippen LogP contribution in [0, 0.1) is 12.8 Å². The number of nitrogens with two attached hydrogens (primary N) is 1. The number of hydrogen-bond donors (Lipinski definition) is 2. The number of carbonyl (C=O) groups excluding carboxylic acids is 1. The van der Waals surface area contributed by atoms with Crippen molar-refractivity contribution in [1.29, 1.82) is 0 Å². The summed E-state index contributed by atoms with van der Waals surface area (Å²) in [7, 11) is 0. The van der Waals surface area contributed by atoms with Gasteiger partial charge in [-0.3, -0.25) is 4.79 Å². The SMILES string of the molecule is Cc1cc(Br)c(NC(=O)[C@H](N)C(C)C)c(Br)c1. The molecule has 0 aromatic heterocycles. The summed E-state index contributed by atoms with van der Waals surface area (Å²) in [6.07, 6.45) is 0. The van der Waals surface area contributed by atoms with Gasteiger partial charge in [-0.2, -0.15) is 0 Å². The molecule has 3 N–H and O–H groups in total. The molecule has 0 saturated heterocycles. The molecule has 0 spiro atoms. The van der Waals surface area contributed by atoms with Crippen molar-refractivity contribution in [2.45, 2.75) is 26.8 Å². The Balaban J connectivity index is 2.93. The maximum absolute atomic E-state index is 11.9. The second-order valence-electron chi connectivity index (χ2n) is 4.36. The topological polar surface area (TPSA) is 55.1 Å². The molecule has 0 aliphatic rings. The molecular weight excluding hydrogens is 348 g/mol. The normalized spacial score (nSPS) is 12.6. The number of hydrogen-bond acceptors (Lipinski definition) is 2. The Labute approximate surface area is 118 Å². The third-order valence-electron chi connectivity index (χ3n) is 2.46.